The molecule has 0 radical (unpaired) electrons. The van der Waals surface area contributed by atoms with Gasteiger partial charge in [0.05, 0.1) is 6.04 Å². The van der Waals surface area contributed by atoms with Crippen molar-refractivity contribution >= 4 is 11.9 Å². The van der Waals surface area contributed by atoms with Gasteiger partial charge in [-0.25, -0.2) is 0 Å². The lowest BCUT2D eigenvalue weighted by molar-refractivity contribution is -0.137. The summed E-state index contributed by atoms with van der Waals surface area (Å²) in [5.74, 6) is 6.74. The van der Waals surface area contributed by atoms with Crippen molar-refractivity contribution in [1.29, 1.82) is 0 Å². The summed E-state index contributed by atoms with van der Waals surface area (Å²) in [6.45, 7) is 11.8. The molecule has 1 saturated heterocycles. The van der Waals surface area contributed by atoms with E-state index in [2.05, 4.69) is 37.2 Å². The van der Waals surface area contributed by atoms with Gasteiger partial charge in [-0.3, -0.25) is 14.5 Å². The molecule has 1 amide bonds. The molecule has 4 aliphatic rings. The van der Waals surface area contributed by atoms with Crippen LogP contribution in [-0.4, -0.2) is 64.6 Å². The van der Waals surface area contributed by atoms with E-state index < -0.39 is 11.4 Å². The average molecular weight is 555 g/mol. The van der Waals surface area contributed by atoms with Gasteiger partial charge in [0, 0.05) is 60.1 Å². The maximum absolute atomic E-state index is 13.8. The fourth-order valence-electron chi connectivity index (χ4n) is 8.09. The highest BCUT2D eigenvalue weighted by atomic mass is 16.5. The summed E-state index contributed by atoms with van der Waals surface area (Å²) >= 11 is 0. The Labute approximate surface area is 242 Å². The molecule has 6 rings (SSSR count). The highest BCUT2D eigenvalue weighted by Gasteiger charge is 2.67. The second-order valence-corrected chi connectivity index (χ2v) is 12.3. The summed E-state index contributed by atoms with van der Waals surface area (Å²) in [5.41, 5.74) is 2.32. The molecule has 1 saturated carbocycles. The Kier molecular flexibility index (Phi) is 7.07. The summed E-state index contributed by atoms with van der Waals surface area (Å²) in [4.78, 5) is 30.3. The molecule has 2 aromatic rings. The second-order valence-electron chi connectivity index (χ2n) is 12.3. The molecule has 1 N–H and O–H groups in total. The zero-order valence-electron chi connectivity index (χ0n) is 24.1. The van der Waals surface area contributed by atoms with Gasteiger partial charge in [0.25, 0.3) is 5.91 Å². The number of hydrogen-bond donors (Lipinski definition) is 1. The largest absolute Gasteiger partial charge is 0.504 e. The molecule has 214 valence electrons. The number of hydrogen-bond acceptors (Lipinski definition) is 6. The number of likely N-dealkylation sites (tertiary alicyclic amines) is 1. The van der Waals surface area contributed by atoms with Crippen molar-refractivity contribution < 1.29 is 24.2 Å². The minimum atomic E-state index is -0.420. The third kappa shape index (κ3) is 4.49. The van der Waals surface area contributed by atoms with E-state index in [1.165, 1.54) is 13.0 Å². The van der Waals surface area contributed by atoms with E-state index in [4.69, 9.17) is 9.47 Å². The van der Waals surface area contributed by atoms with Crippen LogP contribution in [0, 0.1) is 23.7 Å². The number of carbonyl (C=O) groups excluding carboxylic acids is 2. The molecule has 2 fully saturated rings. The van der Waals surface area contributed by atoms with Crippen molar-refractivity contribution in [2.45, 2.75) is 70.1 Å². The number of benzene rings is 2. The van der Waals surface area contributed by atoms with Gasteiger partial charge in [-0.1, -0.05) is 44.0 Å². The SMILES string of the molecule is C=CCN1CC[C@]23c4c5c(OC(C)=O)cc(O)c4O[C@H]2[C@@H](N(CC(C)C)C(=O)C#Cc2ccccc2)CC[C@H]3[C@H]1C5. The minimum Gasteiger partial charge on any atom is -0.504 e. The van der Waals surface area contributed by atoms with E-state index in [-0.39, 0.29) is 41.7 Å². The third-order valence-electron chi connectivity index (χ3n) is 9.42. The van der Waals surface area contributed by atoms with Gasteiger partial charge < -0.3 is 19.5 Å². The van der Waals surface area contributed by atoms with Crippen molar-refractivity contribution in [2.24, 2.45) is 11.8 Å². The maximum Gasteiger partial charge on any atom is 0.308 e. The topological polar surface area (TPSA) is 79.3 Å². The van der Waals surface area contributed by atoms with Crippen LogP contribution in [0.4, 0.5) is 0 Å². The van der Waals surface area contributed by atoms with Gasteiger partial charge >= 0.3 is 5.97 Å². The van der Waals surface area contributed by atoms with Gasteiger partial charge in [-0.2, -0.15) is 0 Å². The van der Waals surface area contributed by atoms with Crippen LogP contribution in [0.15, 0.2) is 49.1 Å². The number of esters is 1. The van der Waals surface area contributed by atoms with Crippen LogP contribution in [0.5, 0.6) is 17.2 Å². The zero-order chi connectivity index (χ0) is 28.9. The van der Waals surface area contributed by atoms with Gasteiger partial charge in [-0.15, -0.1) is 6.58 Å². The van der Waals surface area contributed by atoms with Crippen LogP contribution in [0.2, 0.25) is 0 Å². The Morgan fingerprint density at radius 3 is 2.78 bits per heavy atom. The van der Waals surface area contributed by atoms with Crippen LogP contribution in [0.25, 0.3) is 0 Å². The summed E-state index contributed by atoms with van der Waals surface area (Å²) in [7, 11) is 0. The number of carbonyl (C=O) groups is 2. The Morgan fingerprint density at radius 1 is 1.29 bits per heavy atom. The highest BCUT2D eigenvalue weighted by molar-refractivity contribution is 5.94. The first-order valence-electron chi connectivity index (χ1n) is 14.7. The van der Waals surface area contributed by atoms with E-state index >= 15 is 0 Å². The Hall–Kier alpha value is -3.76. The lowest BCUT2D eigenvalue weighted by atomic mass is 9.50. The number of phenols is 1. The van der Waals surface area contributed by atoms with Crippen molar-refractivity contribution in [3.8, 4) is 29.1 Å². The molecule has 1 spiro atoms. The Bertz CT molecular complexity index is 1440. The summed E-state index contributed by atoms with van der Waals surface area (Å²) in [6, 6.07) is 11.1. The normalized spacial score (nSPS) is 27.2. The Morgan fingerprint density at radius 2 is 2.07 bits per heavy atom. The number of aromatic hydroxyl groups is 1. The second kappa shape index (κ2) is 10.6. The van der Waals surface area contributed by atoms with Crippen LogP contribution in [0.1, 0.15) is 56.7 Å². The quantitative estimate of drug-likeness (QED) is 0.246. The predicted octanol–water partition coefficient (Wildman–Crippen LogP) is 4.45. The smallest absolute Gasteiger partial charge is 0.308 e. The zero-order valence-corrected chi connectivity index (χ0v) is 24.1. The maximum atomic E-state index is 13.8. The first-order chi connectivity index (χ1) is 19.7. The molecule has 5 atom stereocenters. The lowest BCUT2D eigenvalue weighted by Gasteiger charge is -2.60. The van der Waals surface area contributed by atoms with Gasteiger partial charge in [0.1, 0.15) is 11.9 Å². The first kappa shape index (κ1) is 27.4. The summed E-state index contributed by atoms with van der Waals surface area (Å²) in [5, 5.41) is 11.2. The molecule has 41 heavy (non-hydrogen) atoms. The number of ether oxygens (including phenoxy) is 2. The third-order valence-corrected chi connectivity index (χ3v) is 9.42. The van der Waals surface area contributed by atoms with Crippen molar-refractivity contribution in [1.82, 2.24) is 9.80 Å². The molecule has 2 aliphatic carbocycles. The predicted molar refractivity (Wildman–Crippen MR) is 156 cm³/mol. The number of phenolic OH excluding ortho intramolecular Hbond substituents is 1. The molecule has 0 aromatic heterocycles. The highest BCUT2D eigenvalue weighted by Crippen LogP contribution is 2.65. The molecule has 2 aromatic carbocycles. The van der Waals surface area contributed by atoms with Crippen LogP contribution >= 0.6 is 0 Å². The monoisotopic (exact) mass is 554 g/mol. The summed E-state index contributed by atoms with van der Waals surface area (Å²) in [6.07, 6.45) is 4.87. The van der Waals surface area contributed by atoms with Crippen LogP contribution in [-0.2, 0) is 21.4 Å². The molecule has 7 nitrogen and oxygen atoms in total. The van der Waals surface area contributed by atoms with E-state index in [9.17, 15) is 14.7 Å². The fraction of sp³-hybridized carbons (Fsp3) is 0.471. The van der Waals surface area contributed by atoms with Crippen LogP contribution < -0.4 is 9.47 Å². The van der Waals surface area contributed by atoms with Gasteiger partial charge in [0.2, 0.25) is 0 Å². The lowest BCUT2D eigenvalue weighted by Crippen LogP contribution is -2.69. The molecule has 0 unspecified atom stereocenters. The average Bonchev–Trinajstić information content (AvgIpc) is 3.29. The molecule has 2 bridgehead atoms. The molecule has 2 heterocycles. The van der Waals surface area contributed by atoms with Crippen molar-refractivity contribution in [2.75, 3.05) is 19.6 Å². The summed E-state index contributed by atoms with van der Waals surface area (Å²) < 4.78 is 12.4. The van der Waals surface area contributed by atoms with Gasteiger partial charge in [0.15, 0.2) is 11.5 Å². The number of amides is 1. The van der Waals surface area contributed by atoms with Crippen LogP contribution in [0.3, 0.4) is 0 Å². The molecular weight excluding hydrogens is 516 g/mol. The molecular formula is C34H38N2O5. The van der Waals surface area contributed by atoms with E-state index in [0.717, 1.165) is 49.0 Å². The number of rotatable bonds is 6. The molecule has 7 heteroatoms. The van der Waals surface area contributed by atoms with Gasteiger partial charge in [-0.05, 0) is 56.2 Å². The number of piperidine rings is 1. The van der Waals surface area contributed by atoms with Crippen molar-refractivity contribution in [3.63, 3.8) is 0 Å². The fourth-order valence-corrected chi connectivity index (χ4v) is 8.09. The number of nitrogens with zero attached hydrogens (tertiary/aromatic N) is 2. The van der Waals surface area contributed by atoms with E-state index in [0.29, 0.717) is 24.5 Å². The van der Waals surface area contributed by atoms with Crippen molar-refractivity contribution in [3.05, 3.63) is 65.7 Å². The van der Waals surface area contributed by atoms with E-state index in [1.807, 2.05) is 41.3 Å². The van der Waals surface area contributed by atoms with E-state index in [1.54, 1.807) is 0 Å². The minimum absolute atomic E-state index is 0.0150. The molecule has 2 aliphatic heterocycles. The first-order valence-corrected chi connectivity index (χ1v) is 14.7. The standard InChI is InChI=1S/C34H38N2O5/c1-5-16-35-17-15-34-25-12-13-26(36(20-21(2)3)30(39)14-11-23-9-7-6-8-10-23)33(34)41-32-28(38)19-29(40-22(4)37)24(31(32)34)18-27(25)35/h5-10,19,21,25-27,33,38H,1,12-13,15-18,20H2,2-4H3/t25-,26-,27+,33-,34-/m0/s1. The Balaban J connectivity index is 1.45.